The van der Waals surface area contributed by atoms with Crippen LogP contribution >= 0.6 is 0 Å². The number of carbonyl (C=O) groups is 1. The van der Waals surface area contributed by atoms with Crippen LogP contribution in [0.25, 0.3) is 0 Å². The van der Waals surface area contributed by atoms with Gasteiger partial charge in [-0.05, 0) is 57.6 Å². The van der Waals surface area contributed by atoms with Crippen LogP contribution in [0.3, 0.4) is 0 Å². The summed E-state index contributed by atoms with van der Waals surface area (Å²) in [4.78, 5) is 16.2. The van der Waals surface area contributed by atoms with Crippen molar-refractivity contribution in [3.63, 3.8) is 0 Å². The highest BCUT2D eigenvalue weighted by Crippen LogP contribution is 2.20. The zero-order valence-corrected chi connectivity index (χ0v) is 13.7. The third-order valence-electron chi connectivity index (χ3n) is 4.15. The Morgan fingerprint density at radius 2 is 2.23 bits per heavy atom. The Bertz CT molecular complexity index is 508. The van der Waals surface area contributed by atoms with Crippen LogP contribution in [0.4, 0.5) is 5.69 Å². The average molecular weight is 301 g/mol. The molecule has 1 atom stereocenters. The monoisotopic (exact) mass is 301 g/mol. The second kappa shape index (κ2) is 8.57. The smallest absolute Gasteiger partial charge is 0.270 e. The maximum Gasteiger partial charge on any atom is 0.270 e. The molecule has 1 amide bonds. The highest BCUT2D eigenvalue weighted by molar-refractivity contribution is 5.92. The Balaban J connectivity index is 1.78. The van der Waals surface area contributed by atoms with Gasteiger partial charge >= 0.3 is 0 Å². The molecule has 1 unspecified atom stereocenters. The maximum atomic E-state index is 11.9. The highest BCUT2D eigenvalue weighted by atomic mass is 16.1. The van der Waals surface area contributed by atoms with E-state index in [1.54, 1.807) is 17.8 Å². The summed E-state index contributed by atoms with van der Waals surface area (Å²) in [6.45, 7) is 4.97. The largest absolute Gasteiger partial charge is 0.383 e. The van der Waals surface area contributed by atoms with Crippen molar-refractivity contribution in [1.29, 1.82) is 0 Å². The molecular formula is C18H27N3O. The predicted molar refractivity (Wildman–Crippen MR) is 91.1 cm³/mol. The number of anilines is 1. The number of nitrogens with one attached hydrogen (secondary N) is 2. The number of rotatable bonds is 7. The topological polar surface area (TPSA) is 54.0 Å². The fraction of sp³-hybridized carbons (Fsp3) is 0.556. The van der Waals surface area contributed by atoms with Gasteiger partial charge in [0.1, 0.15) is 5.69 Å². The summed E-state index contributed by atoms with van der Waals surface area (Å²) in [6.07, 6.45) is 11.3. The summed E-state index contributed by atoms with van der Waals surface area (Å²) >= 11 is 0. The van der Waals surface area contributed by atoms with E-state index in [4.69, 9.17) is 0 Å². The fourth-order valence-corrected chi connectivity index (χ4v) is 2.53. The van der Waals surface area contributed by atoms with Gasteiger partial charge < -0.3 is 10.6 Å². The molecule has 0 saturated heterocycles. The summed E-state index contributed by atoms with van der Waals surface area (Å²) in [5.41, 5.74) is 3.01. The molecular weight excluding hydrogens is 274 g/mol. The third-order valence-corrected chi connectivity index (χ3v) is 4.15. The number of pyridine rings is 1. The van der Waals surface area contributed by atoms with E-state index in [2.05, 4.69) is 21.7 Å². The van der Waals surface area contributed by atoms with Crippen molar-refractivity contribution < 1.29 is 4.79 Å². The Kier molecular flexibility index (Phi) is 6.44. The van der Waals surface area contributed by atoms with Gasteiger partial charge in [-0.1, -0.05) is 18.6 Å². The van der Waals surface area contributed by atoms with Crippen molar-refractivity contribution in [1.82, 2.24) is 10.3 Å². The van der Waals surface area contributed by atoms with E-state index in [-0.39, 0.29) is 11.9 Å². The minimum Gasteiger partial charge on any atom is -0.383 e. The highest BCUT2D eigenvalue weighted by Gasteiger charge is 2.09. The Hall–Kier alpha value is -1.84. The maximum absolute atomic E-state index is 11.9. The first kappa shape index (κ1) is 16.5. The molecule has 22 heavy (non-hydrogen) atoms. The van der Waals surface area contributed by atoms with E-state index in [1.807, 2.05) is 19.9 Å². The molecule has 0 saturated carbocycles. The minimum absolute atomic E-state index is 0.103. The van der Waals surface area contributed by atoms with Gasteiger partial charge in [-0.2, -0.15) is 0 Å². The molecule has 0 spiro atoms. The summed E-state index contributed by atoms with van der Waals surface area (Å²) < 4.78 is 0. The number of hydrogen-bond acceptors (Lipinski definition) is 3. The fourth-order valence-electron chi connectivity index (χ4n) is 2.53. The van der Waals surface area contributed by atoms with Crippen LogP contribution in [0.1, 0.15) is 62.9 Å². The van der Waals surface area contributed by atoms with E-state index in [0.29, 0.717) is 5.69 Å². The lowest BCUT2D eigenvalue weighted by Gasteiger charge is -2.14. The first-order chi connectivity index (χ1) is 10.7. The third kappa shape index (κ3) is 5.17. The molecule has 1 aliphatic rings. The molecule has 2 rings (SSSR count). The SMILES string of the molecule is CCC(C)NC(=O)c1ccc(NCCC2=CCCCC2)cn1. The van der Waals surface area contributed by atoms with E-state index >= 15 is 0 Å². The first-order valence-corrected chi connectivity index (χ1v) is 8.37. The number of hydrogen-bond donors (Lipinski definition) is 2. The van der Waals surface area contributed by atoms with E-state index in [0.717, 1.165) is 25.1 Å². The molecule has 0 aromatic carbocycles. The lowest BCUT2D eigenvalue weighted by molar-refractivity contribution is 0.0934. The van der Waals surface area contributed by atoms with Crippen LogP contribution in [-0.2, 0) is 0 Å². The molecule has 1 aromatic rings. The van der Waals surface area contributed by atoms with Crippen molar-refractivity contribution in [2.75, 3.05) is 11.9 Å². The summed E-state index contributed by atoms with van der Waals surface area (Å²) in [5, 5.41) is 6.30. The lowest BCUT2D eigenvalue weighted by atomic mass is 9.97. The van der Waals surface area contributed by atoms with Crippen molar-refractivity contribution in [3.05, 3.63) is 35.7 Å². The number of nitrogens with zero attached hydrogens (tertiary/aromatic N) is 1. The Morgan fingerprint density at radius 1 is 1.36 bits per heavy atom. The van der Waals surface area contributed by atoms with Gasteiger partial charge in [-0.15, -0.1) is 0 Å². The van der Waals surface area contributed by atoms with Crippen LogP contribution in [0.15, 0.2) is 30.0 Å². The second-order valence-corrected chi connectivity index (χ2v) is 6.00. The van der Waals surface area contributed by atoms with Gasteiger partial charge in [0.2, 0.25) is 0 Å². The molecule has 4 nitrogen and oxygen atoms in total. The quantitative estimate of drug-likeness (QED) is 0.751. The zero-order valence-electron chi connectivity index (χ0n) is 13.7. The standard InChI is InChI=1S/C18H27N3O/c1-3-14(2)21-18(22)17-10-9-16(13-20-17)19-12-11-15-7-5-4-6-8-15/h7,9-10,13-14,19H,3-6,8,11-12H2,1-2H3,(H,21,22). The van der Waals surface area contributed by atoms with E-state index in [1.165, 1.54) is 25.7 Å². The average Bonchev–Trinajstić information content (AvgIpc) is 2.56. The van der Waals surface area contributed by atoms with Crippen molar-refractivity contribution in [2.24, 2.45) is 0 Å². The molecule has 1 aliphatic carbocycles. The Labute approximate surface area is 133 Å². The first-order valence-electron chi connectivity index (χ1n) is 8.37. The normalized spacial score (nSPS) is 15.8. The van der Waals surface area contributed by atoms with Crippen LogP contribution in [0, 0.1) is 0 Å². The molecule has 0 bridgehead atoms. The van der Waals surface area contributed by atoms with Crippen molar-refractivity contribution >= 4 is 11.6 Å². The van der Waals surface area contributed by atoms with Gasteiger partial charge in [0, 0.05) is 12.6 Å². The molecule has 0 radical (unpaired) electrons. The van der Waals surface area contributed by atoms with Gasteiger partial charge in [-0.25, -0.2) is 4.98 Å². The lowest BCUT2D eigenvalue weighted by Crippen LogP contribution is -2.32. The summed E-state index contributed by atoms with van der Waals surface area (Å²) in [7, 11) is 0. The van der Waals surface area contributed by atoms with Crippen LogP contribution in [-0.4, -0.2) is 23.5 Å². The predicted octanol–water partition coefficient (Wildman–Crippen LogP) is 3.91. The number of aromatic nitrogens is 1. The molecule has 1 aromatic heterocycles. The molecule has 1 heterocycles. The van der Waals surface area contributed by atoms with Gasteiger partial charge in [-0.3, -0.25) is 4.79 Å². The molecule has 4 heteroatoms. The molecule has 0 aliphatic heterocycles. The number of amides is 1. The molecule has 2 N–H and O–H groups in total. The van der Waals surface area contributed by atoms with E-state index < -0.39 is 0 Å². The second-order valence-electron chi connectivity index (χ2n) is 6.00. The Morgan fingerprint density at radius 3 is 2.86 bits per heavy atom. The van der Waals surface area contributed by atoms with Crippen LogP contribution in [0.2, 0.25) is 0 Å². The van der Waals surface area contributed by atoms with Crippen molar-refractivity contribution in [2.45, 2.75) is 58.4 Å². The van der Waals surface area contributed by atoms with Crippen molar-refractivity contribution in [3.8, 4) is 0 Å². The number of allylic oxidation sites excluding steroid dienone is 1. The zero-order chi connectivity index (χ0) is 15.8. The van der Waals surface area contributed by atoms with E-state index in [9.17, 15) is 4.79 Å². The van der Waals surface area contributed by atoms with Crippen LogP contribution < -0.4 is 10.6 Å². The molecule has 120 valence electrons. The van der Waals surface area contributed by atoms with Crippen LogP contribution in [0.5, 0.6) is 0 Å². The number of carbonyl (C=O) groups excluding carboxylic acids is 1. The van der Waals surface area contributed by atoms with Gasteiger partial charge in [0.05, 0.1) is 11.9 Å². The summed E-state index contributed by atoms with van der Waals surface area (Å²) in [5.74, 6) is -0.103. The molecule has 0 fully saturated rings. The summed E-state index contributed by atoms with van der Waals surface area (Å²) in [6, 6.07) is 3.88. The van der Waals surface area contributed by atoms with Gasteiger partial charge in [0.15, 0.2) is 0 Å². The van der Waals surface area contributed by atoms with Gasteiger partial charge in [0.25, 0.3) is 5.91 Å². The minimum atomic E-state index is -0.103.